The van der Waals surface area contributed by atoms with Gasteiger partial charge in [0.25, 0.3) is 11.4 Å². The van der Waals surface area contributed by atoms with E-state index < -0.39 is 12.0 Å². The van der Waals surface area contributed by atoms with Crippen LogP contribution in [0.1, 0.15) is 36.7 Å². The van der Waals surface area contributed by atoms with Crippen molar-refractivity contribution in [2.24, 2.45) is 0 Å². The van der Waals surface area contributed by atoms with E-state index in [1.165, 1.54) is 17.8 Å². The first kappa shape index (κ1) is 67.2. The van der Waals surface area contributed by atoms with Gasteiger partial charge in [-0.1, -0.05) is 54.0 Å². The van der Waals surface area contributed by atoms with E-state index in [1.807, 2.05) is 55.7 Å². The molecule has 0 atom stereocenters. The van der Waals surface area contributed by atoms with Gasteiger partial charge in [-0.15, -0.1) is 0 Å². The number of piperazine rings is 3. The summed E-state index contributed by atoms with van der Waals surface area (Å²) in [6, 6.07) is 21.1. The van der Waals surface area contributed by atoms with E-state index >= 15 is 0 Å². The van der Waals surface area contributed by atoms with E-state index in [1.54, 1.807) is 31.1 Å². The summed E-state index contributed by atoms with van der Waals surface area (Å²) in [7, 11) is -1.05. The van der Waals surface area contributed by atoms with Gasteiger partial charge in [0.15, 0.2) is 0 Å². The molecule has 3 aliphatic rings. The van der Waals surface area contributed by atoms with Crippen molar-refractivity contribution in [1.82, 2.24) is 19.7 Å². The number of halogens is 4. The Labute approximate surface area is 383 Å². The van der Waals surface area contributed by atoms with Crippen molar-refractivity contribution in [3.8, 4) is 0 Å². The normalized spacial score (nSPS) is 14.2. The fraction of sp³-hybridized carbons (Fsp3) is 0.526. The molecule has 0 saturated carbocycles. The number of benzene rings is 3. The van der Waals surface area contributed by atoms with Crippen molar-refractivity contribution in [3.05, 3.63) is 98.6 Å². The van der Waals surface area contributed by atoms with Gasteiger partial charge in [0.1, 0.15) is 0 Å². The second-order valence-corrected chi connectivity index (χ2v) is 13.2. The Morgan fingerprint density at radius 2 is 0.935 bits per heavy atom. The van der Waals surface area contributed by atoms with Crippen molar-refractivity contribution < 1.29 is 65.1 Å². The van der Waals surface area contributed by atoms with Crippen LogP contribution in [0.4, 0.5) is 46.7 Å². The number of hydrogen-bond donors (Lipinski definition) is 5. The van der Waals surface area contributed by atoms with Crippen molar-refractivity contribution in [3.63, 3.8) is 0 Å². The number of aryl methyl sites for hydroxylation is 1. The number of rotatable bonds is 7. The third kappa shape index (κ3) is 25.3. The second-order valence-electron chi connectivity index (χ2n) is 13.2. The molecule has 358 valence electrons. The van der Waals surface area contributed by atoms with Crippen molar-refractivity contribution >= 4 is 49.6 Å². The molecule has 3 fully saturated rings. The Bertz CT molecular complexity index is 1590. The second kappa shape index (κ2) is 37.7. The summed E-state index contributed by atoms with van der Waals surface area (Å²) in [6.07, 6.45) is 0. The van der Waals surface area contributed by atoms with E-state index in [0.29, 0.717) is 0 Å². The Morgan fingerprint density at radius 3 is 1.26 bits per heavy atom. The molecule has 0 bridgehead atoms. The third-order valence-electron chi connectivity index (χ3n) is 9.22. The molecule has 3 aliphatic heterocycles. The minimum Gasteiger partial charge on any atom is -0.437 e. The van der Waals surface area contributed by atoms with Crippen LogP contribution >= 0.6 is 0 Å². The Kier molecular flexibility index (Phi) is 40.9. The summed E-state index contributed by atoms with van der Waals surface area (Å²) >= 11 is 0. The smallest absolute Gasteiger partial charge is 0.376 e. The first-order chi connectivity index (χ1) is 27.2. The van der Waals surface area contributed by atoms with Crippen LogP contribution in [0, 0.1) is 27.2 Å². The van der Waals surface area contributed by atoms with Gasteiger partial charge in [-0.3, -0.25) is 20.2 Å². The molecule has 0 spiro atoms. The molecule has 3 saturated heterocycles. The van der Waals surface area contributed by atoms with Crippen LogP contribution in [-0.4, -0.2) is 139 Å². The minimum absolute atomic E-state index is 0. The number of nitro benzene ring substituents is 2. The van der Waals surface area contributed by atoms with Crippen LogP contribution in [-0.2, 0) is 20.4 Å². The summed E-state index contributed by atoms with van der Waals surface area (Å²) in [5, 5.41) is 52.1. The first-order valence-electron chi connectivity index (χ1n) is 18.3. The number of non-ortho nitro benzene ring substituents is 2. The number of anilines is 3. The quantitative estimate of drug-likeness (QED) is 0.0551. The molecule has 6 N–H and O–H groups in total. The molecule has 3 heterocycles. The molecule has 62 heavy (non-hydrogen) atoms. The zero-order chi connectivity index (χ0) is 42.9. The molecule has 0 aliphatic carbocycles. The van der Waals surface area contributed by atoms with E-state index in [-0.39, 0.29) is 82.0 Å². The summed E-state index contributed by atoms with van der Waals surface area (Å²) in [4.78, 5) is 30.6. The molecule has 16 nitrogen and oxygen atoms in total. The van der Waals surface area contributed by atoms with Gasteiger partial charge in [-0.2, -0.15) is 0 Å². The van der Waals surface area contributed by atoms with Gasteiger partial charge >= 0.3 is 21.2 Å². The Morgan fingerprint density at radius 1 is 0.597 bits per heavy atom. The fourth-order valence-electron chi connectivity index (χ4n) is 6.03. The summed E-state index contributed by atoms with van der Waals surface area (Å²) in [5.74, 6) is 0. The molecular weight excluding hydrogens is 909 g/mol. The maximum atomic E-state index is 10.7. The van der Waals surface area contributed by atoms with Gasteiger partial charge < -0.3 is 50.4 Å². The molecule has 3 aromatic carbocycles. The molecule has 3 aromatic rings. The van der Waals surface area contributed by atoms with Crippen LogP contribution in [0.25, 0.3) is 0 Å². The molecule has 0 unspecified atom stereocenters. The van der Waals surface area contributed by atoms with Gasteiger partial charge in [0, 0.05) is 160 Å². The topological polar surface area (TPSA) is 201 Å². The van der Waals surface area contributed by atoms with E-state index in [2.05, 4.69) is 30.8 Å². The number of nitrogen functional groups attached to an aromatic ring is 1. The molecule has 0 amide bonds. The number of nitro groups is 2. The van der Waals surface area contributed by atoms with Gasteiger partial charge in [-0.05, 0) is 57.2 Å². The average molecular weight is 982 g/mol. The number of hydrogen-bond acceptors (Lipinski definition) is 14. The van der Waals surface area contributed by atoms with Crippen LogP contribution in [0.15, 0.2) is 72.8 Å². The Hall–Kier alpha value is -3.84. The van der Waals surface area contributed by atoms with Crippen molar-refractivity contribution in [1.29, 1.82) is 0 Å². The zero-order valence-corrected chi connectivity index (χ0v) is 34.7. The van der Waals surface area contributed by atoms with E-state index in [4.69, 9.17) is 29.1 Å². The van der Waals surface area contributed by atoms with Gasteiger partial charge in [0.2, 0.25) is 0 Å². The van der Waals surface area contributed by atoms with Crippen LogP contribution in [0.5, 0.6) is 0 Å². The summed E-state index contributed by atoms with van der Waals surface area (Å²) < 4.78 is 32.0. The number of nitrogens with one attached hydrogen (secondary N) is 1. The molecule has 0 radical (unpaired) electrons. The average Bonchev–Trinajstić information content (AvgIpc) is 3.23. The molecule has 6 rings (SSSR count). The number of nitrogens with two attached hydrogens (primary N) is 1. The van der Waals surface area contributed by atoms with Crippen LogP contribution in [0.2, 0.25) is 20.5 Å². The van der Waals surface area contributed by atoms with Crippen LogP contribution < -0.4 is 20.9 Å². The minimum atomic E-state index is -0.433. The first-order valence-corrected chi connectivity index (χ1v) is 18.3. The fourth-order valence-corrected chi connectivity index (χ4v) is 6.03. The van der Waals surface area contributed by atoms with E-state index in [0.717, 1.165) is 95.5 Å². The number of nitrogens with zero attached hydrogens (tertiary/aromatic N) is 7. The summed E-state index contributed by atoms with van der Waals surface area (Å²) in [5.41, 5.74) is 9.79. The maximum Gasteiger partial charge on any atom is 0.376 e. The zero-order valence-electron chi connectivity index (χ0n) is 33.2. The van der Waals surface area contributed by atoms with Crippen molar-refractivity contribution in [2.75, 3.05) is 94.1 Å². The van der Waals surface area contributed by atoms with Crippen LogP contribution in [0.3, 0.4) is 0 Å². The molecule has 0 aromatic heterocycles. The predicted molar refractivity (Wildman–Crippen MR) is 249 cm³/mol. The maximum absolute atomic E-state index is 10.7. The van der Waals surface area contributed by atoms with E-state index in [9.17, 15) is 30.3 Å². The van der Waals surface area contributed by atoms with Crippen molar-refractivity contribution in [2.45, 2.75) is 57.1 Å². The SMILES string of the molecule is C.C.C.C.CB(O)N1CCN(c2cccc(N)c2)CC1.CB(O)N1CCN(c2cccc([N+](=O)[O-])c2)CC1.CB(O)N1CCNCC1.Cc1cccc([N+](=O)[O-])c1.FF.FF.[HH].[Pd]. The Balaban J connectivity index is -0.000000167. The monoisotopic (exact) mass is 981 g/mol. The third-order valence-corrected chi connectivity index (χ3v) is 9.22. The largest absolute Gasteiger partial charge is 0.437 e. The van der Waals surface area contributed by atoms with Gasteiger partial charge in [-0.25, -0.2) is 0 Å². The standard InChI is InChI=1S/C11H16BN3O3.C11H18BN3O.C7H7NO2.C5H13BN2O.4CH4.2F2.Pd.H2/c1-12(16)14-7-5-13(6-8-14)10-3-2-4-11(9-10)15(17)18;1-12(16)15-7-5-14(6-8-15)11-4-2-3-10(13)9-11;1-6-3-2-4-7(5-6)8(9)10;1-6(9)8-4-2-7-3-5-8;;;;;2*1-2;;/h2-4,9,16H,5-8H2,1H3;2-4,9,16H,5-8,13H2,1H3;2-5H,1H3;7,9H,2-5H2,1H3;4*1H4;;;;1H. The van der Waals surface area contributed by atoms with Gasteiger partial charge in [0.05, 0.1) is 9.85 Å². The molecular formula is C38H72B3F4N9O7Pd. The predicted octanol–water partition coefficient (Wildman–Crippen LogP) is 6.70. The molecule has 24 heteroatoms. The summed E-state index contributed by atoms with van der Waals surface area (Å²) in [6.45, 7) is 17.9.